The Balaban J connectivity index is 1.39. The lowest BCUT2D eigenvalue weighted by atomic mass is 9.96. The van der Waals surface area contributed by atoms with Gasteiger partial charge < -0.3 is 14.8 Å². The number of imidazole rings is 1. The lowest BCUT2D eigenvalue weighted by Gasteiger charge is -2.33. The number of nitrogens with zero attached hydrogens (tertiary/aromatic N) is 3. The van der Waals surface area contributed by atoms with Crippen LogP contribution in [0.1, 0.15) is 44.6 Å². The molecule has 0 bridgehead atoms. The first-order chi connectivity index (χ1) is 15.6. The van der Waals surface area contributed by atoms with Crippen LogP contribution in [0.3, 0.4) is 0 Å². The lowest BCUT2D eigenvalue weighted by molar-refractivity contribution is 0.0705. The minimum absolute atomic E-state index is 0.0489. The van der Waals surface area contributed by atoms with E-state index in [0.29, 0.717) is 29.2 Å². The molecule has 0 radical (unpaired) electrons. The molecule has 1 N–H and O–H groups in total. The molecule has 1 aliphatic heterocycles. The standard InChI is InChI=1S/C25H24N4O2S/c1-28(25(31)22-13-7-15-32-22)21-12-5-2-9-18(21)24(30)29-14-6-8-17(16-29)23-26-19-10-3-4-11-20(19)27-23/h2-5,7,9-13,15,17H,6,8,14,16H2,1H3,(H,26,27). The number of carbonyl (C=O) groups is 2. The van der Waals surface area contributed by atoms with Crippen LogP contribution in [0.4, 0.5) is 5.69 Å². The van der Waals surface area contributed by atoms with Crippen LogP contribution >= 0.6 is 11.3 Å². The maximum atomic E-state index is 13.5. The van der Waals surface area contributed by atoms with E-state index in [0.717, 1.165) is 29.7 Å². The number of carbonyl (C=O) groups excluding carboxylic acids is 2. The van der Waals surface area contributed by atoms with E-state index in [1.165, 1.54) is 11.3 Å². The van der Waals surface area contributed by atoms with E-state index >= 15 is 0 Å². The lowest BCUT2D eigenvalue weighted by Crippen LogP contribution is -2.40. The molecule has 4 aromatic rings. The number of fused-ring (bicyclic) bond motifs is 1. The zero-order valence-corrected chi connectivity index (χ0v) is 18.6. The molecule has 1 aliphatic rings. The van der Waals surface area contributed by atoms with Crippen molar-refractivity contribution in [1.29, 1.82) is 0 Å². The summed E-state index contributed by atoms with van der Waals surface area (Å²) in [4.78, 5) is 38.7. The quantitative estimate of drug-likeness (QED) is 0.486. The van der Waals surface area contributed by atoms with E-state index in [1.54, 1.807) is 24.1 Å². The van der Waals surface area contributed by atoms with Crippen molar-refractivity contribution >= 4 is 39.9 Å². The maximum Gasteiger partial charge on any atom is 0.268 e. The molecule has 2 aromatic heterocycles. The Labute approximate surface area is 190 Å². The highest BCUT2D eigenvalue weighted by molar-refractivity contribution is 7.12. The molecule has 1 saturated heterocycles. The van der Waals surface area contributed by atoms with Gasteiger partial charge in [-0.2, -0.15) is 0 Å². The van der Waals surface area contributed by atoms with E-state index in [1.807, 2.05) is 58.8 Å². The van der Waals surface area contributed by atoms with Gasteiger partial charge in [0, 0.05) is 26.1 Å². The second kappa shape index (κ2) is 8.59. The Hall–Kier alpha value is -3.45. The van der Waals surface area contributed by atoms with Crippen molar-refractivity contribution in [2.45, 2.75) is 18.8 Å². The van der Waals surface area contributed by atoms with E-state index in [-0.39, 0.29) is 17.7 Å². The highest BCUT2D eigenvalue weighted by Crippen LogP contribution is 2.30. The Bertz CT molecular complexity index is 1230. The summed E-state index contributed by atoms with van der Waals surface area (Å²) in [6.07, 6.45) is 1.90. The highest BCUT2D eigenvalue weighted by Gasteiger charge is 2.29. The molecule has 1 atom stereocenters. The molecule has 2 amide bonds. The number of para-hydroxylation sites is 3. The van der Waals surface area contributed by atoms with Crippen molar-refractivity contribution in [3.63, 3.8) is 0 Å². The number of rotatable bonds is 4. The Morgan fingerprint density at radius 1 is 1.09 bits per heavy atom. The molecule has 3 heterocycles. The van der Waals surface area contributed by atoms with Crippen LogP contribution in [0.2, 0.25) is 0 Å². The van der Waals surface area contributed by atoms with Gasteiger partial charge in [-0.1, -0.05) is 30.3 Å². The highest BCUT2D eigenvalue weighted by atomic mass is 32.1. The van der Waals surface area contributed by atoms with Gasteiger partial charge in [-0.3, -0.25) is 9.59 Å². The zero-order chi connectivity index (χ0) is 22.1. The predicted octanol–water partition coefficient (Wildman–Crippen LogP) is 4.92. The molecular formula is C25H24N4O2S. The van der Waals surface area contributed by atoms with Crippen LogP contribution < -0.4 is 4.90 Å². The van der Waals surface area contributed by atoms with Crippen molar-refractivity contribution in [1.82, 2.24) is 14.9 Å². The van der Waals surface area contributed by atoms with Gasteiger partial charge in [0.15, 0.2) is 0 Å². The number of hydrogen-bond acceptors (Lipinski definition) is 4. The summed E-state index contributed by atoms with van der Waals surface area (Å²) in [6, 6.07) is 19.0. The van der Waals surface area contributed by atoms with Gasteiger partial charge in [-0.05, 0) is 48.6 Å². The van der Waals surface area contributed by atoms with Crippen LogP contribution in [0, 0.1) is 0 Å². The maximum absolute atomic E-state index is 13.5. The van der Waals surface area contributed by atoms with Gasteiger partial charge >= 0.3 is 0 Å². The number of hydrogen-bond donors (Lipinski definition) is 1. The molecule has 1 unspecified atom stereocenters. The molecule has 2 aromatic carbocycles. The smallest absolute Gasteiger partial charge is 0.268 e. The summed E-state index contributed by atoms with van der Waals surface area (Å²) >= 11 is 1.40. The molecule has 0 aliphatic carbocycles. The van der Waals surface area contributed by atoms with Gasteiger partial charge in [0.2, 0.25) is 0 Å². The average molecular weight is 445 g/mol. The number of amides is 2. The molecule has 0 spiro atoms. The SMILES string of the molecule is CN(C(=O)c1cccs1)c1ccccc1C(=O)N1CCCC(c2nc3ccccc3[nH]2)C1. The molecule has 0 saturated carbocycles. The largest absolute Gasteiger partial charge is 0.342 e. The van der Waals surface area contributed by atoms with Gasteiger partial charge in [-0.15, -0.1) is 11.3 Å². The summed E-state index contributed by atoms with van der Waals surface area (Å²) in [7, 11) is 1.72. The molecule has 7 heteroatoms. The summed E-state index contributed by atoms with van der Waals surface area (Å²) in [5.74, 6) is 0.936. The topological polar surface area (TPSA) is 69.3 Å². The second-order valence-electron chi connectivity index (χ2n) is 8.09. The van der Waals surface area contributed by atoms with Crippen molar-refractivity contribution in [3.8, 4) is 0 Å². The number of aromatic amines is 1. The Morgan fingerprint density at radius 3 is 2.72 bits per heavy atom. The summed E-state index contributed by atoms with van der Waals surface area (Å²) in [5, 5.41) is 1.88. The first-order valence-corrected chi connectivity index (χ1v) is 11.6. The van der Waals surface area contributed by atoms with Gasteiger partial charge in [0.05, 0.1) is 27.2 Å². The molecule has 162 valence electrons. The Morgan fingerprint density at radius 2 is 1.91 bits per heavy atom. The minimum Gasteiger partial charge on any atom is -0.342 e. The van der Waals surface area contributed by atoms with Crippen LogP contribution in [-0.4, -0.2) is 46.8 Å². The van der Waals surface area contributed by atoms with Crippen molar-refractivity contribution < 1.29 is 9.59 Å². The first kappa shape index (κ1) is 20.5. The zero-order valence-electron chi connectivity index (χ0n) is 17.8. The summed E-state index contributed by atoms with van der Waals surface area (Å²) in [5.41, 5.74) is 3.14. The van der Waals surface area contributed by atoms with Crippen LogP contribution in [0.25, 0.3) is 11.0 Å². The van der Waals surface area contributed by atoms with E-state index in [4.69, 9.17) is 4.98 Å². The fourth-order valence-corrected chi connectivity index (χ4v) is 5.04. The summed E-state index contributed by atoms with van der Waals surface area (Å²) < 4.78 is 0. The third-order valence-electron chi connectivity index (χ3n) is 6.04. The van der Waals surface area contributed by atoms with Crippen LogP contribution in [0.15, 0.2) is 66.0 Å². The molecular weight excluding hydrogens is 420 g/mol. The number of thiophene rings is 1. The van der Waals surface area contributed by atoms with E-state index in [2.05, 4.69) is 4.98 Å². The van der Waals surface area contributed by atoms with Crippen LogP contribution in [0.5, 0.6) is 0 Å². The third-order valence-corrected chi connectivity index (χ3v) is 6.89. The predicted molar refractivity (Wildman–Crippen MR) is 127 cm³/mol. The molecule has 6 nitrogen and oxygen atoms in total. The van der Waals surface area contributed by atoms with Gasteiger partial charge in [0.1, 0.15) is 5.82 Å². The molecule has 32 heavy (non-hydrogen) atoms. The van der Waals surface area contributed by atoms with Crippen molar-refractivity contribution in [2.24, 2.45) is 0 Å². The normalized spacial score (nSPS) is 16.3. The average Bonchev–Trinajstić information content (AvgIpc) is 3.53. The number of aromatic nitrogens is 2. The second-order valence-corrected chi connectivity index (χ2v) is 9.04. The van der Waals surface area contributed by atoms with E-state index in [9.17, 15) is 9.59 Å². The first-order valence-electron chi connectivity index (χ1n) is 10.8. The Kier molecular flexibility index (Phi) is 5.49. The van der Waals surface area contributed by atoms with Gasteiger partial charge in [-0.25, -0.2) is 4.98 Å². The van der Waals surface area contributed by atoms with Gasteiger partial charge in [0.25, 0.3) is 11.8 Å². The third kappa shape index (κ3) is 3.80. The number of likely N-dealkylation sites (tertiary alicyclic amines) is 1. The fraction of sp³-hybridized carbons (Fsp3) is 0.240. The number of H-pyrrole nitrogens is 1. The minimum atomic E-state index is -0.112. The number of benzene rings is 2. The van der Waals surface area contributed by atoms with Crippen LogP contribution in [-0.2, 0) is 0 Å². The molecule has 5 rings (SSSR count). The number of piperidine rings is 1. The summed E-state index contributed by atoms with van der Waals surface area (Å²) in [6.45, 7) is 1.31. The van der Waals surface area contributed by atoms with Crippen molar-refractivity contribution in [2.75, 3.05) is 25.0 Å². The monoisotopic (exact) mass is 444 g/mol. The van der Waals surface area contributed by atoms with E-state index < -0.39 is 0 Å². The number of anilines is 1. The fourth-order valence-electron chi connectivity index (χ4n) is 4.34. The number of nitrogens with one attached hydrogen (secondary N) is 1. The van der Waals surface area contributed by atoms with Crippen molar-refractivity contribution in [3.05, 3.63) is 82.3 Å². The molecule has 1 fully saturated rings.